The van der Waals surface area contributed by atoms with Crippen LogP contribution in [-0.4, -0.2) is 60.9 Å². The summed E-state index contributed by atoms with van der Waals surface area (Å²) in [6.45, 7) is 5.43. The van der Waals surface area contributed by atoms with Gasteiger partial charge in [0.25, 0.3) is 5.91 Å². The SMILES string of the molecule is COc1ccc(C2=NN(C(=O)CN(C)C(=O)NC(C)(C)C)[C@@H](c3ccc(F)cc3)C2)c(OC)c1. The van der Waals surface area contributed by atoms with Gasteiger partial charge in [-0.25, -0.2) is 14.2 Å². The summed E-state index contributed by atoms with van der Waals surface area (Å²) in [4.78, 5) is 27.1. The summed E-state index contributed by atoms with van der Waals surface area (Å²) in [5.74, 6) is 0.472. The third kappa shape index (κ3) is 5.84. The minimum Gasteiger partial charge on any atom is -0.497 e. The van der Waals surface area contributed by atoms with Gasteiger partial charge >= 0.3 is 6.03 Å². The van der Waals surface area contributed by atoms with E-state index in [1.165, 1.54) is 22.0 Å². The van der Waals surface area contributed by atoms with Crippen molar-refractivity contribution < 1.29 is 23.5 Å². The van der Waals surface area contributed by atoms with Crippen LogP contribution >= 0.6 is 0 Å². The molecule has 2 aromatic rings. The van der Waals surface area contributed by atoms with Crippen LogP contribution in [0.2, 0.25) is 0 Å². The molecule has 0 bridgehead atoms. The number of carbonyl (C=O) groups is 2. The Balaban J connectivity index is 1.91. The summed E-state index contributed by atoms with van der Waals surface area (Å²) in [5.41, 5.74) is 1.67. The Morgan fingerprint density at radius 1 is 1.15 bits per heavy atom. The second-order valence-corrected chi connectivity index (χ2v) is 9.16. The van der Waals surface area contributed by atoms with E-state index in [2.05, 4.69) is 10.4 Å². The molecule has 3 amide bonds. The van der Waals surface area contributed by atoms with Gasteiger partial charge in [0.1, 0.15) is 23.9 Å². The van der Waals surface area contributed by atoms with E-state index in [9.17, 15) is 14.0 Å². The van der Waals surface area contributed by atoms with Crippen LogP contribution in [0.25, 0.3) is 0 Å². The molecule has 1 aliphatic heterocycles. The van der Waals surface area contributed by atoms with Crippen molar-refractivity contribution >= 4 is 17.6 Å². The second-order valence-electron chi connectivity index (χ2n) is 9.16. The fraction of sp³-hybridized carbons (Fsp3) is 0.400. The number of hydrogen-bond donors (Lipinski definition) is 1. The number of amides is 3. The number of nitrogens with one attached hydrogen (secondary N) is 1. The fourth-order valence-electron chi connectivity index (χ4n) is 3.65. The van der Waals surface area contributed by atoms with Crippen molar-refractivity contribution in [2.45, 2.75) is 38.8 Å². The topological polar surface area (TPSA) is 83.5 Å². The van der Waals surface area contributed by atoms with Crippen molar-refractivity contribution in [1.29, 1.82) is 0 Å². The van der Waals surface area contributed by atoms with Gasteiger partial charge in [0.15, 0.2) is 0 Å². The molecule has 1 atom stereocenters. The first-order chi connectivity index (χ1) is 16.0. The number of likely N-dealkylation sites (N-methyl/N-ethyl adjacent to an activating group) is 1. The summed E-state index contributed by atoms with van der Waals surface area (Å²) in [6.07, 6.45) is 0.401. The van der Waals surface area contributed by atoms with Crippen molar-refractivity contribution in [3.05, 3.63) is 59.4 Å². The number of benzene rings is 2. The molecular weight excluding hydrogens is 439 g/mol. The van der Waals surface area contributed by atoms with Crippen molar-refractivity contribution in [2.24, 2.45) is 5.10 Å². The Hall–Kier alpha value is -3.62. The maximum atomic E-state index is 13.5. The normalized spacial score (nSPS) is 15.6. The molecular formula is C25H31FN4O4. The highest BCUT2D eigenvalue weighted by Crippen LogP contribution is 2.36. The van der Waals surface area contributed by atoms with Crippen LogP contribution in [0.1, 0.15) is 44.4 Å². The van der Waals surface area contributed by atoms with E-state index in [1.807, 2.05) is 26.8 Å². The zero-order valence-electron chi connectivity index (χ0n) is 20.4. The molecule has 0 saturated heterocycles. The Morgan fingerprint density at radius 3 is 2.41 bits per heavy atom. The first-order valence-electron chi connectivity index (χ1n) is 10.9. The average molecular weight is 471 g/mol. The molecule has 9 heteroatoms. The predicted octanol–water partition coefficient (Wildman–Crippen LogP) is 3.96. The van der Waals surface area contributed by atoms with Gasteiger partial charge in [-0.3, -0.25) is 4.79 Å². The van der Waals surface area contributed by atoms with Gasteiger partial charge in [-0.1, -0.05) is 12.1 Å². The fourth-order valence-corrected chi connectivity index (χ4v) is 3.65. The molecule has 0 saturated carbocycles. The predicted molar refractivity (Wildman–Crippen MR) is 128 cm³/mol. The van der Waals surface area contributed by atoms with Gasteiger partial charge in [-0.15, -0.1) is 0 Å². The molecule has 0 radical (unpaired) electrons. The number of hydrazone groups is 1. The lowest BCUT2D eigenvalue weighted by Gasteiger charge is -2.27. The zero-order chi connectivity index (χ0) is 25.0. The van der Waals surface area contributed by atoms with Crippen LogP contribution in [0.15, 0.2) is 47.6 Å². The minimum atomic E-state index is -0.450. The lowest BCUT2D eigenvalue weighted by Crippen LogP contribution is -2.49. The molecule has 1 N–H and O–H groups in total. The monoisotopic (exact) mass is 470 g/mol. The quantitative estimate of drug-likeness (QED) is 0.693. The van der Waals surface area contributed by atoms with E-state index in [0.29, 0.717) is 23.6 Å². The molecule has 0 spiro atoms. The van der Waals surface area contributed by atoms with Crippen molar-refractivity contribution in [1.82, 2.24) is 15.2 Å². The highest BCUT2D eigenvalue weighted by atomic mass is 19.1. The highest BCUT2D eigenvalue weighted by molar-refractivity contribution is 6.05. The number of halogens is 1. The molecule has 2 aromatic carbocycles. The summed E-state index contributed by atoms with van der Waals surface area (Å²) in [7, 11) is 4.68. The molecule has 3 rings (SSSR count). The molecule has 1 aliphatic rings. The van der Waals surface area contributed by atoms with Crippen molar-refractivity contribution in [2.75, 3.05) is 27.8 Å². The van der Waals surface area contributed by atoms with E-state index < -0.39 is 11.6 Å². The minimum absolute atomic E-state index is 0.171. The summed E-state index contributed by atoms with van der Waals surface area (Å²) < 4.78 is 24.3. The summed E-state index contributed by atoms with van der Waals surface area (Å²) in [6, 6.07) is 10.5. The van der Waals surface area contributed by atoms with Crippen molar-refractivity contribution in [3.63, 3.8) is 0 Å². The molecule has 0 aliphatic carbocycles. The standard InChI is InChI=1S/C25H31FN4O4/c1-25(2,3)27-24(32)29(4)15-23(31)30-21(16-7-9-17(26)10-8-16)14-20(28-30)19-12-11-18(33-5)13-22(19)34-6/h7-13,21H,14-15H2,1-6H3,(H,27,32)/t21-/m1/s1. The number of ether oxygens (including phenoxy) is 2. The van der Waals surface area contributed by atoms with Crippen LogP contribution in [0.5, 0.6) is 11.5 Å². The van der Waals surface area contributed by atoms with Crippen LogP contribution in [0.4, 0.5) is 9.18 Å². The number of nitrogens with zero attached hydrogens (tertiary/aromatic N) is 3. The lowest BCUT2D eigenvalue weighted by molar-refractivity contribution is -0.133. The van der Waals surface area contributed by atoms with Crippen LogP contribution in [0.3, 0.4) is 0 Å². The molecule has 8 nitrogen and oxygen atoms in total. The number of carbonyl (C=O) groups excluding carboxylic acids is 2. The van der Waals surface area contributed by atoms with Gasteiger partial charge in [-0.05, 0) is 50.6 Å². The highest BCUT2D eigenvalue weighted by Gasteiger charge is 2.35. The van der Waals surface area contributed by atoms with E-state index >= 15 is 0 Å². The molecule has 182 valence electrons. The molecule has 34 heavy (non-hydrogen) atoms. The second kappa shape index (κ2) is 10.1. The number of hydrogen-bond acceptors (Lipinski definition) is 5. The first kappa shape index (κ1) is 25.0. The molecule has 0 aromatic heterocycles. The Bertz CT molecular complexity index is 1080. The zero-order valence-corrected chi connectivity index (χ0v) is 20.4. The average Bonchev–Trinajstić information content (AvgIpc) is 3.23. The van der Waals surface area contributed by atoms with Gasteiger partial charge in [0.2, 0.25) is 0 Å². The molecule has 0 fully saturated rings. The van der Waals surface area contributed by atoms with E-state index in [4.69, 9.17) is 9.47 Å². The maximum Gasteiger partial charge on any atom is 0.318 e. The van der Waals surface area contributed by atoms with Gasteiger partial charge in [0.05, 0.1) is 26.0 Å². The third-order valence-electron chi connectivity index (χ3n) is 5.34. The Morgan fingerprint density at radius 2 is 1.82 bits per heavy atom. The lowest BCUT2D eigenvalue weighted by atomic mass is 9.97. The van der Waals surface area contributed by atoms with Gasteiger partial charge in [-0.2, -0.15) is 5.10 Å². The van der Waals surface area contributed by atoms with E-state index in [0.717, 1.165) is 11.1 Å². The molecule has 0 unspecified atom stereocenters. The molecule has 1 heterocycles. The Kier molecular flexibility index (Phi) is 7.44. The maximum absolute atomic E-state index is 13.5. The summed E-state index contributed by atoms with van der Waals surface area (Å²) >= 11 is 0. The van der Waals surface area contributed by atoms with Crippen LogP contribution in [-0.2, 0) is 4.79 Å². The number of methoxy groups -OCH3 is 2. The summed E-state index contributed by atoms with van der Waals surface area (Å²) in [5, 5.41) is 8.82. The van der Waals surface area contributed by atoms with Crippen LogP contribution < -0.4 is 14.8 Å². The van der Waals surface area contributed by atoms with Gasteiger partial charge < -0.3 is 19.7 Å². The van der Waals surface area contributed by atoms with Crippen molar-refractivity contribution in [3.8, 4) is 11.5 Å². The van der Waals surface area contributed by atoms with E-state index in [1.54, 1.807) is 45.5 Å². The van der Waals surface area contributed by atoms with E-state index in [-0.39, 0.29) is 24.3 Å². The smallest absolute Gasteiger partial charge is 0.318 e. The Labute approximate surface area is 199 Å². The number of rotatable bonds is 6. The van der Waals surface area contributed by atoms with Gasteiger partial charge in [0, 0.05) is 30.6 Å². The largest absolute Gasteiger partial charge is 0.497 e. The third-order valence-corrected chi connectivity index (χ3v) is 5.34. The number of urea groups is 1. The first-order valence-corrected chi connectivity index (χ1v) is 10.9. The van der Waals surface area contributed by atoms with Crippen LogP contribution in [0, 0.1) is 5.82 Å².